The highest BCUT2D eigenvalue weighted by Crippen LogP contribution is 2.39. The average molecular weight is 598 g/mol. The molecule has 0 unspecified atom stereocenters. The van der Waals surface area contributed by atoms with Crippen LogP contribution in [0.1, 0.15) is 0 Å². The van der Waals surface area contributed by atoms with Gasteiger partial charge in [0.2, 0.25) is 0 Å². The first kappa shape index (κ1) is 31.0. The molecule has 38 heavy (non-hydrogen) atoms. The van der Waals surface area contributed by atoms with E-state index in [0.717, 1.165) is 0 Å². The number of urea groups is 1. The zero-order chi connectivity index (χ0) is 28.3. The fraction of sp³-hybridized carbons (Fsp3) is 0.278. The molecule has 2 aromatic rings. The van der Waals surface area contributed by atoms with Crippen molar-refractivity contribution in [3.63, 3.8) is 0 Å². The van der Waals surface area contributed by atoms with Crippen LogP contribution in [0.25, 0.3) is 0 Å². The summed E-state index contributed by atoms with van der Waals surface area (Å²) in [6.07, 6.45) is 0. The summed E-state index contributed by atoms with van der Waals surface area (Å²) >= 11 is 0.227. The number of carbonyl (C=O) groups excluding carboxylic acids is 1. The van der Waals surface area contributed by atoms with Crippen LogP contribution in [0.15, 0.2) is 45.5 Å². The maximum atomic E-state index is 12.8. The van der Waals surface area contributed by atoms with Crippen molar-refractivity contribution in [3.05, 3.63) is 30.3 Å². The van der Waals surface area contributed by atoms with E-state index in [9.17, 15) is 21.6 Å². The minimum Gasteiger partial charge on any atom is -0.495 e. The standard InChI is InChI=1S/C18H23N5O12S3/c1-31-15-9-17(37(26,27)6-5-33-36-35-34-25)16(32-2)8-14(15)23-22-12-4-3-11(20-10-38(28,29)30)7-13(12)21-18(19)24/h3-4,7-9,20,25H,5-6,10H2,1-2H3,(H3,19,21,24)(H,28,29,30). The molecule has 0 radical (unpaired) electrons. The number of nitrogens with zero attached hydrogens (tertiary/aromatic N) is 2. The smallest absolute Gasteiger partial charge is 0.316 e. The molecule has 20 heteroatoms. The molecule has 0 aromatic heterocycles. The van der Waals surface area contributed by atoms with Gasteiger partial charge in [-0.15, -0.1) is 14.6 Å². The van der Waals surface area contributed by atoms with E-state index in [1.807, 2.05) is 0 Å². The van der Waals surface area contributed by atoms with E-state index >= 15 is 0 Å². The number of rotatable bonds is 15. The Kier molecular flexibility index (Phi) is 11.5. The van der Waals surface area contributed by atoms with Crippen LogP contribution in [0, 0.1) is 0 Å². The molecule has 0 fully saturated rings. The van der Waals surface area contributed by atoms with E-state index in [1.165, 1.54) is 44.6 Å². The van der Waals surface area contributed by atoms with Crippen molar-refractivity contribution in [2.75, 3.05) is 43.1 Å². The summed E-state index contributed by atoms with van der Waals surface area (Å²) in [6, 6.07) is 5.56. The summed E-state index contributed by atoms with van der Waals surface area (Å²) in [6.45, 7) is -0.325. The Bertz CT molecular complexity index is 1370. The first-order chi connectivity index (χ1) is 17.9. The number of sulfone groups is 1. The van der Waals surface area contributed by atoms with Crippen molar-refractivity contribution >= 4 is 61.1 Å². The Morgan fingerprint density at radius 3 is 2.34 bits per heavy atom. The van der Waals surface area contributed by atoms with E-state index in [2.05, 4.69) is 30.2 Å². The topological polar surface area (TPSA) is 247 Å². The van der Waals surface area contributed by atoms with Crippen LogP contribution in [-0.2, 0) is 33.5 Å². The summed E-state index contributed by atoms with van der Waals surface area (Å²) in [5, 5.41) is 24.2. The summed E-state index contributed by atoms with van der Waals surface area (Å²) < 4.78 is 75.6. The highest BCUT2D eigenvalue weighted by atomic mass is 32.2. The predicted molar refractivity (Wildman–Crippen MR) is 134 cm³/mol. The van der Waals surface area contributed by atoms with Crippen LogP contribution >= 0.6 is 12.3 Å². The minimum absolute atomic E-state index is 0.0104. The van der Waals surface area contributed by atoms with Gasteiger partial charge in [0.15, 0.2) is 22.2 Å². The van der Waals surface area contributed by atoms with Crippen molar-refractivity contribution in [1.82, 2.24) is 0 Å². The highest BCUT2D eigenvalue weighted by Gasteiger charge is 2.23. The maximum absolute atomic E-state index is 12.8. The fourth-order valence-electron chi connectivity index (χ4n) is 2.74. The summed E-state index contributed by atoms with van der Waals surface area (Å²) in [4.78, 5) is 11.2. The van der Waals surface area contributed by atoms with Gasteiger partial charge < -0.3 is 25.8 Å². The van der Waals surface area contributed by atoms with E-state index in [1.54, 1.807) is 0 Å². The van der Waals surface area contributed by atoms with Crippen molar-refractivity contribution in [2.45, 2.75) is 4.90 Å². The minimum atomic E-state index is -4.31. The Morgan fingerprint density at radius 2 is 1.74 bits per heavy atom. The molecule has 0 bridgehead atoms. The molecule has 0 heterocycles. The lowest BCUT2D eigenvalue weighted by Gasteiger charge is -2.13. The molecule has 0 atom stereocenters. The molecule has 0 aliphatic heterocycles. The summed E-state index contributed by atoms with van der Waals surface area (Å²) in [7, 11) is -5.74. The van der Waals surface area contributed by atoms with Gasteiger partial charge in [-0.1, -0.05) is 5.04 Å². The molecule has 17 nitrogen and oxygen atoms in total. The Hall–Kier alpha value is -3.24. The number of amides is 2. The second kappa shape index (κ2) is 14.1. The molecule has 210 valence electrons. The molecular formula is C18H23N5O12S3. The number of ether oxygens (including phenoxy) is 2. The van der Waals surface area contributed by atoms with Gasteiger partial charge in [0, 0.05) is 17.8 Å². The molecule has 0 aliphatic carbocycles. The zero-order valence-electron chi connectivity index (χ0n) is 19.7. The number of nitrogens with one attached hydrogen (secondary N) is 2. The van der Waals surface area contributed by atoms with Gasteiger partial charge in [-0.05, 0) is 18.2 Å². The van der Waals surface area contributed by atoms with Gasteiger partial charge >= 0.3 is 6.03 Å². The predicted octanol–water partition coefficient (Wildman–Crippen LogP) is 2.64. The van der Waals surface area contributed by atoms with E-state index < -0.39 is 37.6 Å². The van der Waals surface area contributed by atoms with Crippen LogP contribution in [0.5, 0.6) is 11.5 Å². The highest BCUT2D eigenvalue weighted by molar-refractivity contribution is 7.91. The Balaban J connectivity index is 2.38. The van der Waals surface area contributed by atoms with Crippen LogP contribution in [0.2, 0.25) is 0 Å². The maximum Gasteiger partial charge on any atom is 0.316 e. The Labute approximate surface area is 221 Å². The third-order valence-corrected chi connectivity index (χ3v) is 6.90. The molecule has 2 rings (SSSR count). The molecular weight excluding hydrogens is 574 g/mol. The Morgan fingerprint density at radius 1 is 1.05 bits per heavy atom. The summed E-state index contributed by atoms with van der Waals surface area (Å²) in [5.41, 5.74) is 5.58. The van der Waals surface area contributed by atoms with E-state index in [0.29, 0.717) is 0 Å². The molecule has 2 amide bonds. The number of azo groups is 1. The second-order valence-electron chi connectivity index (χ2n) is 6.85. The number of primary amides is 1. The molecule has 0 saturated carbocycles. The third-order valence-electron chi connectivity index (χ3n) is 4.32. The molecule has 0 spiro atoms. The third kappa shape index (κ3) is 9.57. The quantitative estimate of drug-likeness (QED) is 0.0494. The lowest BCUT2D eigenvalue weighted by molar-refractivity contribution is -0.434. The normalized spacial score (nSPS) is 11.9. The molecule has 0 aliphatic rings. The number of carbonyl (C=O) groups is 1. The SMILES string of the molecule is COc1cc(S(=O)(=O)CCOSOOO)c(OC)cc1N=Nc1ccc(NCS(=O)(=O)O)cc1NC(N)=O. The molecule has 2 aromatic carbocycles. The average Bonchev–Trinajstić information content (AvgIpc) is 2.85. The lowest BCUT2D eigenvalue weighted by Crippen LogP contribution is -2.19. The van der Waals surface area contributed by atoms with Gasteiger partial charge in [0.1, 0.15) is 33.6 Å². The van der Waals surface area contributed by atoms with Crippen molar-refractivity contribution < 1.29 is 54.5 Å². The molecule has 0 saturated heterocycles. The first-order valence-electron chi connectivity index (χ1n) is 9.96. The lowest BCUT2D eigenvalue weighted by atomic mass is 10.2. The van der Waals surface area contributed by atoms with Gasteiger partial charge in [-0.2, -0.15) is 8.42 Å². The van der Waals surface area contributed by atoms with Gasteiger partial charge in [0.25, 0.3) is 10.1 Å². The number of anilines is 2. The number of benzene rings is 2. The number of hydrogen-bond acceptors (Lipinski definition) is 15. The number of methoxy groups -OCH3 is 2. The van der Waals surface area contributed by atoms with E-state index in [4.69, 9.17) is 29.2 Å². The van der Waals surface area contributed by atoms with Gasteiger partial charge in [-0.25, -0.2) is 18.5 Å². The second-order valence-corrected chi connectivity index (χ2v) is 10.9. The van der Waals surface area contributed by atoms with Gasteiger partial charge in [-0.3, -0.25) is 8.74 Å². The van der Waals surface area contributed by atoms with E-state index in [-0.39, 0.29) is 58.1 Å². The summed E-state index contributed by atoms with van der Waals surface area (Å²) in [5.74, 6) is -1.35. The first-order valence-corrected chi connectivity index (χ1v) is 13.9. The molecule has 6 N–H and O–H groups in total. The number of nitrogens with two attached hydrogens (primary N) is 1. The van der Waals surface area contributed by atoms with Crippen molar-refractivity contribution in [1.29, 1.82) is 0 Å². The van der Waals surface area contributed by atoms with Crippen molar-refractivity contribution in [3.8, 4) is 11.5 Å². The zero-order valence-corrected chi connectivity index (χ0v) is 22.1. The van der Waals surface area contributed by atoms with Gasteiger partial charge in [0.05, 0.1) is 32.3 Å². The largest absolute Gasteiger partial charge is 0.495 e. The number of hydrogen-bond donors (Lipinski definition) is 5. The van der Waals surface area contributed by atoms with Crippen molar-refractivity contribution in [2.24, 2.45) is 16.0 Å². The van der Waals surface area contributed by atoms with Crippen LogP contribution in [-0.4, -0.2) is 65.1 Å². The van der Waals surface area contributed by atoms with Crippen LogP contribution in [0.3, 0.4) is 0 Å². The monoisotopic (exact) mass is 597 g/mol. The van der Waals surface area contributed by atoms with Crippen LogP contribution < -0.4 is 25.8 Å². The van der Waals surface area contributed by atoms with Crippen LogP contribution in [0.4, 0.5) is 27.5 Å². The fourth-order valence-corrected chi connectivity index (χ4v) is 4.67.